The van der Waals surface area contributed by atoms with Gasteiger partial charge in [-0.15, -0.1) is 0 Å². The van der Waals surface area contributed by atoms with Gasteiger partial charge < -0.3 is 5.73 Å². The maximum Gasteiger partial charge on any atom is 0.242 e. The van der Waals surface area contributed by atoms with E-state index in [0.717, 1.165) is 24.8 Å². The molecule has 0 radical (unpaired) electrons. The van der Waals surface area contributed by atoms with Crippen LogP contribution in [-0.4, -0.2) is 14.5 Å². The summed E-state index contributed by atoms with van der Waals surface area (Å²) in [5.41, 5.74) is 6.35. The highest BCUT2D eigenvalue weighted by Crippen LogP contribution is 2.31. The average molecular weight is 331 g/mol. The Hall–Kier alpha value is -0.620. The minimum Gasteiger partial charge on any atom is -0.326 e. The van der Waals surface area contributed by atoms with Gasteiger partial charge in [-0.25, -0.2) is 13.1 Å². The lowest BCUT2D eigenvalue weighted by atomic mass is 9.79. The van der Waals surface area contributed by atoms with Crippen LogP contribution in [0.5, 0.6) is 0 Å². The first-order chi connectivity index (χ1) is 9.83. The fraction of sp³-hybridized carbons (Fsp3) is 0.600. The van der Waals surface area contributed by atoms with E-state index in [4.69, 9.17) is 17.3 Å². The summed E-state index contributed by atoms with van der Waals surface area (Å²) in [5.74, 6) is 1.18. The molecule has 3 N–H and O–H groups in total. The van der Waals surface area contributed by atoms with Crippen molar-refractivity contribution in [3.05, 3.63) is 28.8 Å². The fourth-order valence-electron chi connectivity index (χ4n) is 2.83. The predicted molar refractivity (Wildman–Crippen MR) is 85.6 cm³/mol. The van der Waals surface area contributed by atoms with Gasteiger partial charge in [-0.1, -0.05) is 31.5 Å². The average Bonchev–Trinajstić information content (AvgIpc) is 2.42. The Morgan fingerprint density at radius 2 is 2.00 bits per heavy atom. The van der Waals surface area contributed by atoms with Crippen LogP contribution in [0.1, 0.15) is 38.7 Å². The quantitative estimate of drug-likeness (QED) is 0.891. The van der Waals surface area contributed by atoms with Gasteiger partial charge in [0.25, 0.3) is 0 Å². The monoisotopic (exact) mass is 330 g/mol. The third kappa shape index (κ3) is 3.97. The molecule has 1 fully saturated rings. The highest BCUT2D eigenvalue weighted by atomic mass is 35.5. The molecule has 3 unspecified atom stereocenters. The summed E-state index contributed by atoms with van der Waals surface area (Å²) >= 11 is 6.09. The van der Waals surface area contributed by atoms with Crippen molar-refractivity contribution in [2.24, 2.45) is 17.6 Å². The molecular formula is C15H23ClN2O2S. The number of nitrogens with two attached hydrogens (primary N) is 1. The highest BCUT2D eigenvalue weighted by molar-refractivity contribution is 7.89. The number of hydrogen-bond acceptors (Lipinski definition) is 3. The van der Waals surface area contributed by atoms with E-state index in [1.807, 2.05) is 0 Å². The Labute approximate surface area is 132 Å². The Kier molecular flexibility index (Phi) is 5.30. The van der Waals surface area contributed by atoms with Crippen molar-refractivity contribution in [2.75, 3.05) is 0 Å². The Balaban J connectivity index is 2.15. The van der Waals surface area contributed by atoms with Gasteiger partial charge >= 0.3 is 0 Å². The molecule has 0 aliphatic heterocycles. The Morgan fingerprint density at radius 3 is 2.57 bits per heavy atom. The van der Waals surface area contributed by atoms with Crippen LogP contribution in [0.15, 0.2) is 23.1 Å². The SMILES string of the molecule is CC1CCC(NS(=O)(=O)c2ccc(CN)cc2Cl)CC1C. The van der Waals surface area contributed by atoms with Crippen molar-refractivity contribution in [2.45, 2.75) is 50.6 Å². The lowest BCUT2D eigenvalue weighted by Gasteiger charge is -2.32. The molecule has 118 valence electrons. The summed E-state index contributed by atoms with van der Waals surface area (Å²) in [6.45, 7) is 4.73. The second kappa shape index (κ2) is 6.65. The van der Waals surface area contributed by atoms with Crippen molar-refractivity contribution in [1.82, 2.24) is 4.72 Å². The van der Waals surface area contributed by atoms with E-state index >= 15 is 0 Å². The highest BCUT2D eigenvalue weighted by Gasteiger charge is 2.29. The molecular weight excluding hydrogens is 308 g/mol. The van der Waals surface area contributed by atoms with Crippen molar-refractivity contribution >= 4 is 21.6 Å². The molecule has 21 heavy (non-hydrogen) atoms. The number of benzene rings is 1. The van der Waals surface area contributed by atoms with Crippen molar-refractivity contribution < 1.29 is 8.42 Å². The summed E-state index contributed by atoms with van der Waals surface area (Å²) in [5, 5.41) is 0.225. The molecule has 0 amide bonds. The summed E-state index contributed by atoms with van der Waals surface area (Å²) < 4.78 is 27.8. The molecule has 6 heteroatoms. The normalized spacial score (nSPS) is 26.8. The second-order valence-electron chi connectivity index (χ2n) is 6.05. The van der Waals surface area contributed by atoms with E-state index in [0.29, 0.717) is 18.4 Å². The number of halogens is 1. The van der Waals surface area contributed by atoms with Gasteiger partial charge in [-0.3, -0.25) is 0 Å². The fourth-order valence-corrected chi connectivity index (χ4v) is 4.68. The molecule has 1 aliphatic carbocycles. The lowest BCUT2D eigenvalue weighted by Crippen LogP contribution is -2.39. The van der Waals surface area contributed by atoms with E-state index in [2.05, 4.69) is 18.6 Å². The van der Waals surface area contributed by atoms with Crippen molar-refractivity contribution in [3.63, 3.8) is 0 Å². The maximum atomic E-state index is 12.5. The van der Waals surface area contributed by atoms with Crippen LogP contribution in [0.2, 0.25) is 5.02 Å². The molecule has 3 atom stereocenters. The van der Waals surface area contributed by atoms with Crippen LogP contribution in [0.4, 0.5) is 0 Å². The summed E-state index contributed by atoms with van der Waals surface area (Å²) in [7, 11) is -3.58. The first-order valence-corrected chi connectivity index (χ1v) is 9.20. The molecule has 2 rings (SSSR count). The van der Waals surface area contributed by atoms with Crippen molar-refractivity contribution in [3.8, 4) is 0 Å². The van der Waals surface area contributed by atoms with Crippen LogP contribution in [0.3, 0.4) is 0 Å². The smallest absolute Gasteiger partial charge is 0.242 e. The zero-order valence-corrected chi connectivity index (χ0v) is 14.0. The summed E-state index contributed by atoms with van der Waals surface area (Å²) in [6.07, 6.45) is 2.80. The molecule has 1 aromatic carbocycles. The van der Waals surface area contributed by atoms with E-state index in [1.165, 1.54) is 6.07 Å². The third-order valence-corrected chi connectivity index (χ3v) is 6.44. The molecule has 1 aliphatic rings. The minimum atomic E-state index is -3.58. The minimum absolute atomic E-state index is 0.00792. The van der Waals surface area contributed by atoms with Gasteiger partial charge in [-0.2, -0.15) is 0 Å². The lowest BCUT2D eigenvalue weighted by molar-refractivity contribution is 0.242. The molecule has 0 aromatic heterocycles. The van der Waals surface area contributed by atoms with E-state index in [-0.39, 0.29) is 16.0 Å². The number of rotatable bonds is 4. The van der Waals surface area contributed by atoms with Gasteiger partial charge in [0.15, 0.2) is 0 Å². The second-order valence-corrected chi connectivity index (χ2v) is 8.14. The van der Waals surface area contributed by atoms with Crippen LogP contribution in [-0.2, 0) is 16.6 Å². The Bertz CT molecular complexity index is 604. The van der Waals surface area contributed by atoms with Crippen LogP contribution < -0.4 is 10.5 Å². The zero-order valence-electron chi connectivity index (χ0n) is 12.5. The van der Waals surface area contributed by atoms with Gasteiger partial charge in [0.05, 0.1) is 5.02 Å². The first-order valence-electron chi connectivity index (χ1n) is 7.34. The molecule has 0 saturated heterocycles. The van der Waals surface area contributed by atoms with E-state index < -0.39 is 10.0 Å². The maximum absolute atomic E-state index is 12.5. The van der Waals surface area contributed by atoms with E-state index in [1.54, 1.807) is 12.1 Å². The first kappa shape index (κ1) is 16.7. The molecule has 1 aromatic rings. The molecule has 0 heterocycles. The summed E-state index contributed by atoms with van der Waals surface area (Å²) in [6, 6.07) is 4.83. The van der Waals surface area contributed by atoms with Gasteiger partial charge in [0.2, 0.25) is 10.0 Å². The Morgan fingerprint density at radius 1 is 1.29 bits per heavy atom. The zero-order chi connectivity index (χ0) is 15.6. The number of nitrogens with one attached hydrogen (secondary N) is 1. The predicted octanol–water partition coefficient (Wildman–Crippen LogP) is 2.90. The number of hydrogen-bond donors (Lipinski definition) is 2. The molecule has 1 saturated carbocycles. The number of sulfonamides is 1. The van der Waals surface area contributed by atoms with Crippen LogP contribution >= 0.6 is 11.6 Å². The van der Waals surface area contributed by atoms with Gasteiger partial charge in [-0.05, 0) is 48.8 Å². The molecule has 4 nitrogen and oxygen atoms in total. The van der Waals surface area contributed by atoms with E-state index in [9.17, 15) is 8.42 Å². The van der Waals surface area contributed by atoms with Gasteiger partial charge in [0.1, 0.15) is 4.90 Å². The standard InChI is InChI=1S/C15H23ClN2O2S/c1-10-3-5-13(7-11(10)2)18-21(19,20)15-6-4-12(9-17)8-14(15)16/h4,6,8,10-11,13,18H,3,5,7,9,17H2,1-2H3. The van der Waals surface area contributed by atoms with Crippen molar-refractivity contribution in [1.29, 1.82) is 0 Å². The third-order valence-electron chi connectivity index (χ3n) is 4.44. The van der Waals surface area contributed by atoms with Gasteiger partial charge in [0, 0.05) is 12.6 Å². The van der Waals surface area contributed by atoms with Crippen LogP contribution in [0, 0.1) is 11.8 Å². The molecule has 0 spiro atoms. The topological polar surface area (TPSA) is 72.2 Å². The van der Waals surface area contributed by atoms with Crippen LogP contribution in [0.25, 0.3) is 0 Å². The summed E-state index contributed by atoms with van der Waals surface area (Å²) in [4.78, 5) is 0.132. The molecule has 0 bridgehead atoms. The largest absolute Gasteiger partial charge is 0.326 e.